The van der Waals surface area contributed by atoms with Gasteiger partial charge in [0.25, 0.3) is 0 Å². The van der Waals surface area contributed by atoms with Gasteiger partial charge >= 0.3 is 0 Å². The minimum atomic E-state index is 0.273. The molecule has 0 aliphatic heterocycles. The topological polar surface area (TPSA) is 61.3 Å². The molecule has 0 aliphatic rings. The van der Waals surface area contributed by atoms with Crippen LogP contribution in [0.2, 0.25) is 30.1 Å². The summed E-state index contributed by atoms with van der Waals surface area (Å²) < 4.78 is 6.12. The zero-order chi connectivity index (χ0) is 25.3. The Kier molecular flexibility index (Phi) is 8.17. The van der Waals surface area contributed by atoms with E-state index < -0.39 is 0 Å². The highest BCUT2D eigenvalue weighted by atomic mass is 35.5. The molecule has 4 rings (SSSR count). The summed E-state index contributed by atoms with van der Waals surface area (Å²) >= 11 is 39.3. The largest absolute Gasteiger partial charge is 0.454 e. The molecule has 0 saturated carbocycles. The molecule has 35 heavy (non-hydrogen) atoms. The second-order valence-electron chi connectivity index (χ2n) is 7.87. The van der Waals surface area contributed by atoms with Gasteiger partial charge in [0.05, 0.1) is 30.1 Å². The van der Waals surface area contributed by atoms with Gasteiger partial charge in [-0.3, -0.25) is 0 Å². The van der Waals surface area contributed by atoms with E-state index in [1.807, 2.05) is 36.4 Å². The Morgan fingerprint density at radius 1 is 0.543 bits per heavy atom. The third kappa shape index (κ3) is 5.89. The zero-order valence-electron chi connectivity index (χ0n) is 18.0. The summed E-state index contributed by atoms with van der Waals surface area (Å²) in [5.74, 6) is 0.547. The summed E-state index contributed by atoms with van der Waals surface area (Å²) in [6.45, 7) is 0. The Hall–Kier alpha value is -1.98. The second kappa shape index (κ2) is 11.0. The molecule has 0 bridgehead atoms. The fraction of sp³-hybridized carbons (Fsp3) is 0.0769. The van der Waals surface area contributed by atoms with E-state index in [0.717, 1.165) is 11.1 Å². The van der Waals surface area contributed by atoms with Gasteiger partial charge in [0.15, 0.2) is 0 Å². The van der Waals surface area contributed by atoms with E-state index in [0.29, 0.717) is 55.4 Å². The molecule has 0 aromatic heterocycles. The van der Waals surface area contributed by atoms with Crippen molar-refractivity contribution in [2.75, 3.05) is 11.5 Å². The standard InChI is InChI=1S/C26H18Cl6N2O/c27-19-11-21(25(31)17(23(19)29)9-13-3-1-5-15(33)7-13)35-22-12-20(28)24(30)18(26(22)32)10-14-4-2-6-16(34)8-14/h1-8,11-12H,9-10,33-34H2. The van der Waals surface area contributed by atoms with Crippen LogP contribution in [0.4, 0.5) is 11.4 Å². The minimum absolute atomic E-state index is 0.273. The average Bonchev–Trinajstić information content (AvgIpc) is 2.81. The Morgan fingerprint density at radius 3 is 1.31 bits per heavy atom. The van der Waals surface area contributed by atoms with Crippen molar-refractivity contribution in [3.8, 4) is 11.5 Å². The van der Waals surface area contributed by atoms with Gasteiger partial charge in [-0.25, -0.2) is 0 Å². The molecule has 0 heterocycles. The lowest BCUT2D eigenvalue weighted by Crippen LogP contribution is -1.98. The lowest BCUT2D eigenvalue weighted by molar-refractivity contribution is 0.482. The number of rotatable bonds is 6. The predicted octanol–water partition coefficient (Wildman–Crippen LogP) is 9.75. The van der Waals surface area contributed by atoms with Gasteiger partial charge in [-0.2, -0.15) is 0 Å². The number of anilines is 2. The summed E-state index contributed by atoms with van der Waals surface area (Å²) in [6.07, 6.45) is 0.796. The third-order valence-corrected chi connectivity index (χ3v) is 7.79. The van der Waals surface area contributed by atoms with E-state index >= 15 is 0 Å². The highest BCUT2D eigenvalue weighted by molar-refractivity contribution is 6.45. The third-order valence-electron chi connectivity index (χ3n) is 5.31. The first-order valence-corrected chi connectivity index (χ1v) is 12.6. The van der Waals surface area contributed by atoms with Crippen molar-refractivity contribution in [2.24, 2.45) is 0 Å². The number of halogens is 6. The first-order chi connectivity index (χ1) is 16.6. The molecule has 0 spiro atoms. The summed E-state index contributed by atoms with van der Waals surface area (Å²) in [5.41, 5.74) is 16.1. The molecule has 180 valence electrons. The maximum atomic E-state index is 6.72. The maximum Gasteiger partial charge on any atom is 0.147 e. The Labute approximate surface area is 233 Å². The van der Waals surface area contributed by atoms with Crippen molar-refractivity contribution in [1.29, 1.82) is 0 Å². The van der Waals surface area contributed by atoms with Crippen LogP contribution >= 0.6 is 69.6 Å². The lowest BCUT2D eigenvalue weighted by atomic mass is 10.0. The quantitative estimate of drug-likeness (QED) is 0.175. The molecule has 0 fully saturated rings. The molecule has 0 saturated heterocycles. The average molecular weight is 587 g/mol. The van der Waals surface area contributed by atoms with Crippen LogP contribution in [0.5, 0.6) is 11.5 Å². The van der Waals surface area contributed by atoms with E-state index in [1.165, 1.54) is 12.1 Å². The van der Waals surface area contributed by atoms with Gasteiger partial charge in [0.2, 0.25) is 0 Å². The molecule has 0 amide bonds. The van der Waals surface area contributed by atoms with E-state index in [4.69, 9.17) is 85.8 Å². The molecular weight excluding hydrogens is 569 g/mol. The van der Waals surface area contributed by atoms with Gasteiger partial charge in [-0.1, -0.05) is 93.9 Å². The molecule has 4 aromatic carbocycles. The molecule has 4 N–H and O–H groups in total. The smallest absolute Gasteiger partial charge is 0.147 e. The molecular formula is C26H18Cl6N2O. The van der Waals surface area contributed by atoms with Crippen LogP contribution in [0.15, 0.2) is 60.7 Å². The predicted molar refractivity (Wildman–Crippen MR) is 150 cm³/mol. The molecule has 3 nitrogen and oxygen atoms in total. The lowest BCUT2D eigenvalue weighted by Gasteiger charge is -2.18. The molecule has 0 atom stereocenters. The van der Waals surface area contributed by atoms with Crippen molar-refractivity contribution in [3.05, 3.63) is 113 Å². The number of nitrogen functional groups attached to an aromatic ring is 2. The Bertz CT molecular complexity index is 1320. The van der Waals surface area contributed by atoms with Gasteiger partial charge in [0, 0.05) is 36.3 Å². The van der Waals surface area contributed by atoms with Crippen LogP contribution in [0, 0.1) is 0 Å². The molecule has 0 radical (unpaired) electrons. The van der Waals surface area contributed by atoms with E-state index in [9.17, 15) is 0 Å². The van der Waals surface area contributed by atoms with Gasteiger partial charge in [-0.15, -0.1) is 0 Å². The molecule has 0 unspecified atom stereocenters. The molecule has 4 aromatic rings. The molecule has 9 heteroatoms. The van der Waals surface area contributed by atoms with Crippen molar-refractivity contribution in [2.45, 2.75) is 12.8 Å². The van der Waals surface area contributed by atoms with Crippen LogP contribution in [0.25, 0.3) is 0 Å². The summed E-state index contributed by atoms with van der Waals surface area (Å²) in [5, 5.41) is 1.80. The van der Waals surface area contributed by atoms with Crippen LogP contribution in [-0.2, 0) is 12.8 Å². The van der Waals surface area contributed by atoms with Crippen molar-refractivity contribution in [1.82, 2.24) is 0 Å². The number of hydrogen-bond acceptors (Lipinski definition) is 3. The van der Waals surface area contributed by atoms with Crippen molar-refractivity contribution < 1.29 is 4.74 Å². The first-order valence-electron chi connectivity index (χ1n) is 10.3. The van der Waals surface area contributed by atoms with Gasteiger partial charge < -0.3 is 16.2 Å². The Morgan fingerprint density at radius 2 is 0.943 bits per heavy atom. The molecule has 0 aliphatic carbocycles. The van der Waals surface area contributed by atoms with Gasteiger partial charge in [-0.05, 0) is 46.5 Å². The highest BCUT2D eigenvalue weighted by Gasteiger charge is 2.21. The van der Waals surface area contributed by atoms with E-state index in [-0.39, 0.29) is 21.5 Å². The Balaban J connectivity index is 1.73. The highest BCUT2D eigenvalue weighted by Crippen LogP contribution is 2.46. The summed E-state index contributed by atoms with van der Waals surface area (Å²) in [4.78, 5) is 0. The summed E-state index contributed by atoms with van der Waals surface area (Å²) in [7, 11) is 0. The number of hydrogen-bond donors (Lipinski definition) is 2. The van der Waals surface area contributed by atoms with Crippen LogP contribution in [0.1, 0.15) is 22.3 Å². The van der Waals surface area contributed by atoms with Gasteiger partial charge in [0.1, 0.15) is 11.5 Å². The van der Waals surface area contributed by atoms with Crippen LogP contribution in [-0.4, -0.2) is 0 Å². The monoisotopic (exact) mass is 584 g/mol. The minimum Gasteiger partial charge on any atom is -0.454 e. The number of nitrogens with two attached hydrogens (primary N) is 2. The SMILES string of the molecule is Nc1cccc(Cc2c(Cl)c(Cl)cc(Oc3cc(Cl)c(Cl)c(Cc4cccc(N)c4)c3Cl)c2Cl)c1. The normalized spacial score (nSPS) is 11.0. The number of benzene rings is 4. The number of ether oxygens (including phenoxy) is 1. The zero-order valence-corrected chi connectivity index (χ0v) is 22.6. The fourth-order valence-electron chi connectivity index (χ4n) is 3.65. The maximum absolute atomic E-state index is 6.72. The van der Waals surface area contributed by atoms with Crippen molar-refractivity contribution in [3.63, 3.8) is 0 Å². The van der Waals surface area contributed by atoms with Crippen LogP contribution in [0.3, 0.4) is 0 Å². The second-order valence-corrected chi connectivity index (χ2v) is 10.2. The van der Waals surface area contributed by atoms with E-state index in [1.54, 1.807) is 12.1 Å². The van der Waals surface area contributed by atoms with E-state index in [2.05, 4.69) is 0 Å². The summed E-state index contributed by atoms with van der Waals surface area (Å²) in [6, 6.07) is 17.9. The van der Waals surface area contributed by atoms with Crippen molar-refractivity contribution >= 4 is 81.0 Å². The van der Waals surface area contributed by atoms with Crippen LogP contribution < -0.4 is 16.2 Å². The fourth-order valence-corrected chi connectivity index (χ4v) is 5.12. The first kappa shape index (κ1) is 26.1.